The molecule has 3 aliphatic heterocycles. The molecule has 1 aromatic rings. The maximum absolute atomic E-state index is 6.04. The van der Waals surface area contributed by atoms with Crippen LogP contribution >= 0.6 is 0 Å². The Hall–Kier alpha value is -1.63. The summed E-state index contributed by atoms with van der Waals surface area (Å²) in [4.78, 5) is 7.51. The van der Waals surface area contributed by atoms with E-state index in [1.807, 2.05) is 0 Å². The van der Waals surface area contributed by atoms with Gasteiger partial charge in [0.2, 0.25) is 0 Å². The van der Waals surface area contributed by atoms with Crippen molar-refractivity contribution in [2.75, 3.05) is 52.6 Å². The number of hydrogen-bond donors (Lipinski definition) is 1. The molecule has 1 N–H and O–H groups in total. The Bertz CT molecular complexity index is 655. The molecule has 0 spiro atoms. The van der Waals surface area contributed by atoms with Crippen LogP contribution in [0.4, 0.5) is 0 Å². The lowest BCUT2D eigenvalue weighted by Gasteiger charge is -2.39. The predicted molar refractivity (Wildman–Crippen MR) is 114 cm³/mol. The van der Waals surface area contributed by atoms with Gasteiger partial charge in [0.15, 0.2) is 5.96 Å². The largest absolute Gasteiger partial charge is 0.381 e. The number of aliphatic imine (C=N–C) groups is 1. The monoisotopic (exact) mass is 401 g/mol. The molecule has 0 saturated carbocycles. The van der Waals surface area contributed by atoms with Gasteiger partial charge >= 0.3 is 0 Å². The van der Waals surface area contributed by atoms with E-state index in [1.54, 1.807) is 0 Å². The second-order valence-electron chi connectivity index (χ2n) is 8.34. The number of hydrogen-bond acceptors (Lipinski definition) is 4. The van der Waals surface area contributed by atoms with Gasteiger partial charge in [0.1, 0.15) is 6.10 Å². The number of guanidine groups is 1. The zero-order chi connectivity index (χ0) is 19.9. The van der Waals surface area contributed by atoms with Crippen LogP contribution in [0.15, 0.2) is 35.3 Å². The van der Waals surface area contributed by atoms with Crippen molar-refractivity contribution in [1.82, 2.24) is 10.2 Å². The number of nitrogens with zero attached hydrogens (tertiary/aromatic N) is 2. The highest BCUT2D eigenvalue weighted by Gasteiger charge is 2.36. The lowest BCUT2D eigenvalue weighted by Crippen LogP contribution is -2.53. The molecule has 3 heterocycles. The second kappa shape index (κ2) is 9.92. The highest BCUT2D eigenvalue weighted by atomic mass is 16.5. The van der Waals surface area contributed by atoms with Crippen molar-refractivity contribution in [3.05, 3.63) is 35.9 Å². The van der Waals surface area contributed by atoms with E-state index in [9.17, 15) is 0 Å². The van der Waals surface area contributed by atoms with E-state index >= 15 is 0 Å². The number of ether oxygens (including phenoxy) is 3. The molecule has 4 rings (SSSR count). The van der Waals surface area contributed by atoms with Crippen molar-refractivity contribution in [1.29, 1.82) is 0 Å². The summed E-state index contributed by atoms with van der Waals surface area (Å²) >= 11 is 0. The molecule has 0 radical (unpaired) electrons. The van der Waals surface area contributed by atoms with Gasteiger partial charge in [-0.25, -0.2) is 0 Å². The van der Waals surface area contributed by atoms with Gasteiger partial charge in [0.25, 0.3) is 0 Å². The van der Waals surface area contributed by atoms with E-state index in [1.165, 1.54) is 5.56 Å². The number of morpholine rings is 1. The highest BCUT2D eigenvalue weighted by molar-refractivity contribution is 5.80. The summed E-state index contributed by atoms with van der Waals surface area (Å²) < 4.78 is 17.6. The fourth-order valence-corrected chi connectivity index (χ4v) is 4.73. The fourth-order valence-electron chi connectivity index (χ4n) is 4.73. The molecular weight excluding hydrogens is 366 g/mol. The summed E-state index contributed by atoms with van der Waals surface area (Å²) in [6, 6.07) is 10.8. The van der Waals surface area contributed by atoms with Crippen molar-refractivity contribution >= 4 is 5.96 Å². The number of benzene rings is 1. The van der Waals surface area contributed by atoms with E-state index in [0.717, 1.165) is 84.2 Å². The van der Waals surface area contributed by atoms with Crippen molar-refractivity contribution in [2.45, 2.75) is 50.2 Å². The molecule has 2 unspecified atom stereocenters. The van der Waals surface area contributed by atoms with Crippen LogP contribution in [0, 0.1) is 0 Å². The first-order valence-electron chi connectivity index (χ1n) is 11.2. The van der Waals surface area contributed by atoms with Gasteiger partial charge < -0.3 is 24.4 Å². The van der Waals surface area contributed by atoms with Crippen LogP contribution in [-0.2, 0) is 19.6 Å². The lowest BCUT2D eigenvalue weighted by atomic mass is 9.74. The third-order valence-electron chi connectivity index (χ3n) is 6.48. The normalized spacial score (nSPS) is 27.8. The second-order valence-corrected chi connectivity index (χ2v) is 8.34. The standard InChI is InChI=1S/C23H35N3O3/c1-2-24-22(26-12-16-29-21(17-26)20-9-6-13-28-20)25-18-23(10-14-27-15-11-23)19-7-4-3-5-8-19/h3-5,7-8,20-21H,2,6,9-18H2,1H3,(H,24,25). The molecular formula is C23H35N3O3. The molecule has 6 nitrogen and oxygen atoms in total. The van der Waals surface area contributed by atoms with Crippen LogP contribution in [0.1, 0.15) is 38.2 Å². The van der Waals surface area contributed by atoms with Gasteiger partial charge in [-0.1, -0.05) is 30.3 Å². The van der Waals surface area contributed by atoms with Gasteiger partial charge in [-0.2, -0.15) is 0 Å². The molecule has 29 heavy (non-hydrogen) atoms. The van der Waals surface area contributed by atoms with Gasteiger partial charge in [-0.15, -0.1) is 0 Å². The van der Waals surface area contributed by atoms with Crippen molar-refractivity contribution in [3.63, 3.8) is 0 Å². The first-order valence-corrected chi connectivity index (χ1v) is 11.2. The molecule has 1 aromatic carbocycles. The zero-order valence-electron chi connectivity index (χ0n) is 17.6. The van der Waals surface area contributed by atoms with Crippen LogP contribution < -0.4 is 5.32 Å². The lowest BCUT2D eigenvalue weighted by molar-refractivity contribution is -0.0817. The van der Waals surface area contributed by atoms with Crippen LogP contribution in [0.3, 0.4) is 0 Å². The van der Waals surface area contributed by atoms with Crippen molar-refractivity contribution < 1.29 is 14.2 Å². The smallest absolute Gasteiger partial charge is 0.194 e. The molecule has 2 atom stereocenters. The highest BCUT2D eigenvalue weighted by Crippen LogP contribution is 2.35. The quantitative estimate of drug-likeness (QED) is 0.607. The average molecular weight is 402 g/mol. The number of nitrogens with one attached hydrogen (secondary N) is 1. The SMILES string of the molecule is CCNC(=NCC1(c2ccccc2)CCOCC1)N1CCOC(C2CCCO2)C1. The van der Waals surface area contributed by atoms with E-state index < -0.39 is 0 Å². The third kappa shape index (κ3) is 4.93. The number of rotatable bonds is 5. The Morgan fingerprint density at radius 1 is 1.10 bits per heavy atom. The van der Waals surface area contributed by atoms with Gasteiger partial charge in [-0.3, -0.25) is 4.99 Å². The third-order valence-corrected chi connectivity index (χ3v) is 6.48. The molecule has 6 heteroatoms. The van der Waals surface area contributed by atoms with Crippen molar-refractivity contribution in [3.8, 4) is 0 Å². The molecule has 3 fully saturated rings. The molecule has 0 aliphatic carbocycles. The maximum Gasteiger partial charge on any atom is 0.194 e. The predicted octanol–water partition coefficient (Wildman–Crippen LogP) is 2.58. The summed E-state index contributed by atoms with van der Waals surface area (Å²) in [6.07, 6.45) is 4.64. The Morgan fingerprint density at radius 3 is 2.62 bits per heavy atom. The zero-order valence-corrected chi connectivity index (χ0v) is 17.6. The Kier molecular flexibility index (Phi) is 7.06. The minimum Gasteiger partial charge on any atom is -0.381 e. The van der Waals surface area contributed by atoms with E-state index in [2.05, 4.69) is 47.5 Å². The Balaban J connectivity index is 1.50. The molecule has 0 amide bonds. The van der Waals surface area contributed by atoms with E-state index in [0.29, 0.717) is 0 Å². The Labute approximate surface area is 174 Å². The van der Waals surface area contributed by atoms with Gasteiger partial charge in [0, 0.05) is 44.9 Å². The summed E-state index contributed by atoms with van der Waals surface area (Å²) in [5.74, 6) is 1.00. The van der Waals surface area contributed by atoms with Gasteiger partial charge in [0.05, 0.1) is 19.3 Å². The average Bonchev–Trinajstić information content (AvgIpc) is 3.33. The van der Waals surface area contributed by atoms with Crippen LogP contribution in [-0.4, -0.2) is 75.7 Å². The topological polar surface area (TPSA) is 55.3 Å². The molecule has 160 valence electrons. The van der Waals surface area contributed by atoms with Crippen LogP contribution in [0.2, 0.25) is 0 Å². The molecule has 3 aliphatic rings. The van der Waals surface area contributed by atoms with E-state index in [4.69, 9.17) is 19.2 Å². The summed E-state index contributed by atoms with van der Waals surface area (Å²) in [5.41, 5.74) is 1.43. The van der Waals surface area contributed by atoms with Crippen LogP contribution in [0.25, 0.3) is 0 Å². The molecule has 3 saturated heterocycles. The summed E-state index contributed by atoms with van der Waals surface area (Å²) in [7, 11) is 0. The van der Waals surface area contributed by atoms with E-state index in [-0.39, 0.29) is 17.6 Å². The maximum atomic E-state index is 6.04. The van der Waals surface area contributed by atoms with Crippen LogP contribution in [0.5, 0.6) is 0 Å². The van der Waals surface area contributed by atoms with Crippen molar-refractivity contribution in [2.24, 2.45) is 4.99 Å². The first-order chi connectivity index (χ1) is 14.3. The molecule has 0 bridgehead atoms. The first kappa shape index (κ1) is 20.6. The van der Waals surface area contributed by atoms with Gasteiger partial charge in [-0.05, 0) is 38.2 Å². The minimum atomic E-state index is 0.0560. The summed E-state index contributed by atoms with van der Waals surface area (Å²) in [5, 5.41) is 3.52. The summed E-state index contributed by atoms with van der Waals surface area (Å²) in [6.45, 7) is 8.70. The Morgan fingerprint density at radius 2 is 1.90 bits per heavy atom. The fraction of sp³-hybridized carbons (Fsp3) is 0.696. The minimum absolute atomic E-state index is 0.0560. The molecule has 0 aromatic heterocycles.